The molecule has 0 bridgehead atoms. The van der Waals surface area contributed by atoms with Crippen LogP contribution < -0.4 is 15.5 Å². The molecule has 1 unspecified atom stereocenters. The van der Waals surface area contributed by atoms with Gasteiger partial charge in [-0.2, -0.15) is 0 Å². The largest absolute Gasteiger partial charge is 0.391 e. The predicted molar refractivity (Wildman–Crippen MR) is 96.0 cm³/mol. The van der Waals surface area contributed by atoms with Crippen molar-refractivity contribution in [1.82, 2.24) is 15.6 Å². The number of aliphatic hydroxyl groups is 1. The van der Waals surface area contributed by atoms with E-state index in [1.807, 2.05) is 12.1 Å². The maximum atomic E-state index is 11.9. The van der Waals surface area contributed by atoms with Crippen molar-refractivity contribution in [2.45, 2.75) is 52.2 Å². The van der Waals surface area contributed by atoms with Crippen LogP contribution in [0.2, 0.25) is 0 Å². The summed E-state index contributed by atoms with van der Waals surface area (Å²) in [6.07, 6.45) is 5.55. The summed E-state index contributed by atoms with van der Waals surface area (Å²) in [6.45, 7) is 6.96. The highest BCUT2D eigenvalue weighted by atomic mass is 16.3. The molecule has 1 aliphatic rings. The number of amides is 2. The van der Waals surface area contributed by atoms with E-state index in [1.165, 1.54) is 12.8 Å². The van der Waals surface area contributed by atoms with Crippen molar-refractivity contribution in [2.24, 2.45) is 5.92 Å². The second kappa shape index (κ2) is 9.47. The van der Waals surface area contributed by atoms with Crippen molar-refractivity contribution in [3.05, 3.63) is 23.9 Å². The number of nitrogens with one attached hydrogen (secondary N) is 2. The Morgan fingerprint density at radius 1 is 1.29 bits per heavy atom. The number of rotatable bonds is 8. The standard InChI is InChI=1S/C18H30N4O2/c1-3-15(4-2)16(23)13-21-18(24)20-12-14-7-8-19-17(11-14)22-9-5-6-10-22/h7-8,11,15-16,23H,3-6,9-10,12-13H2,1-2H3,(H2,20,21,24). The number of carbonyl (C=O) groups excluding carboxylic acids is 1. The van der Waals surface area contributed by atoms with E-state index in [0.717, 1.165) is 37.3 Å². The Bertz CT molecular complexity index is 513. The summed E-state index contributed by atoms with van der Waals surface area (Å²) in [5, 5.41) is 15.6. The molecular formula is C18H30N4O2. The van der Waals surface area contributed by atoms with Gasteiger partial charge in [0.15, 0.2) is 0 Å². The van der Waals surface area contributed by atoms with Gasteiger partial charge in [-0.05, 0) is 36.5 Å². The minimum atomic E-state index is -0.492. The van der Waals surface area contributed by atoms with Gasteiger partial charge in [0, 0.05) is 32.4 Å². The Balaban J connectivity index is 1.76. The third kappa shape index (κ3) is 5.37. The molecule has 6 nitrogen and oxygen atoms in total. The minimum Gasteiger partial charge on any atom is -0.391 e. The molecule has 0 spiro atoms. The van der Waals surface area contributed by atoms with Crippen molar-refractivity contribution in [1.29, 1.82) is 0 Å². The first-order valence-electron chi connectivity index (χ1n) is 9.03. The van der Waals surface area contributed by atoms with E-state index in [1.54, 1.807) is 6.20 Å². The normalized spacial score (nSPS) is 15.6. The van der Waals surface area contributed by atoms with E-state index in [4.69, 9.17) is 0 Å². The van der Waals surface area contributed by atoms with Crippen molar-refractivity contribution in [3.63, 3.8) is 0 Å². The molecule has 1 saturated heterocycles. The molecule has 2 rings (SSSR count). The Morgan fingerprint density at radius 2 is 2.00 bits per heavy atom. The molecule has 1 aromatic rings. The van der Waals surface area contributed by atoms with Crippen molar-refractivity contribution >= 4 is 11.8 Å². The van der Waals surface area contributed by atoms with Gasteiger partial charge in [-0.1, -0.05) is 26.7 Å². The number of carbonyl (C=O) groups is 1. The quantitative estimate of drug-likeness (QED) is 0.681. The molecule has 134 valence electrons. The Labute approximate surface area is 144 Å². The van der Waals surface area contributed by atoms with Gasteiger partial charge in [-0.15, -0.1) is 0 Å². The molecule has 6 heteroatoms. The van der Waals surface area contributed by atoms with Crippen LogP contribution in [0.1, 0.15) is 45.1 Å². The van der Waals surface area contributed by atoms with Gasteiger partial charge >= 0.3 is 6.03 Å². The van der Waals surface area contributed by atoms with Crippen LogP contribution in [0, 0.1) is 5.92 Å². The van der Waals surface area contributed by atoms with Gasteiger partial charge in [-0.25, -0.2) is 9.78 Å². The van der Waals surface area contributed by atoms with Crippen LogP contribution in [0.5, 0.6) is 0 Å². The number of urea groups is 1. The number of hydrogen-bond acceptors (Lipinski definition) is 4. The highest BCUT2D eigenvalue weighted by Gasteiger charge is 2.16. The lowest BCUT2D eigenvalue weighted by Gasteiger charge is -2.20. The zero-order chi connectivity index (χ0) is 17.4. The fraction of sp³-hybridized carbons (Fsp3) is 0.667. The fourth-order valence-electron chi connectivity index (χ4n) is 3.13. The Morgan fingerprint density at radius 3 is 2.67 bits per heavy atom. The van der Waals surface area contributed by atoms with Crippen LogP contribution >= 0.6 is 0 Å². The van der Waals surface area contributed by atoms with Gasteiger partial charge in [-0.3, -0.25) is 0 Å². The molecule has 1 fully saturated rings. The van der Waals surface area contributed by atoms with Crippen LogP contribution in [0.3, 0.4) is 0 Å². The maximum absolute atomic E-state index is 11.9. The fourth-order valence-corrected chi connectivity index (χ4v) is 3.13. The average Bonchev–Trinajstić information content (AvgIpc) is 3.14. The number of nitrogens with zero attached hydrogens (tertiary/aromatic N) is 2. The van der Waals surface area contributed by atoms with E-state index in [9.17, 15) is 9.90 Å². The van der Waals surface area contributed by atoms with Gasteiger partial charge in [0.1, 0.15) is 5.82 Å². The molecule has 3 N–H and O–H groups in total. The van der Waals surface area contributed by atoms with E-state index >= 15 is 0 Å². The number of pyridine rings is 1. The van der Waals surface area contributed by atoms with Gasteiger partial charge in [0.2, 0.25) is 0 Å². The lowest BCUT2D eigenvalue weighted by Crippen LogP contribution is -2.41. The highest BCUT2D eigenvalue weighted by Crippen LogP contribution is 2.18. The zero-order valence-electron chi connectivity index (χ0n) is 14.8. The van der Waals surface area contributed by atoms with Crippen LogP contribution in [-0.2, 0) is 6.54 Å². The summed E-state index contributed by atoms with van der Waals surface area (Å²) in [5.74, 6) is 1.21. The third-order valence-electron chi connectivity index (χ3n) is 4.76. The van der Waals surface area contributed by atoms with Crippen molar-refractivity contribution in [3.8, 4) is 0 Å². The molecule has 2 heterocycles. The molecule has 0 aromatic carbocycles. The van der Waals surface area contributed by atoms with E-state index < -0.39 is 6.10 Å². The smallest absolute Gasteiger partial charge is 0.315 e. The molecule has 1 atom stereocenters. The summed E-state index contributed by atoms with van der Waals surface area (Å²) in [7, 11) is 0. The highest BCUT2D eigenvalue weighted by molar-refractivity contribution is 5.73. The second-order valence-corrected chi connectivity index (χ2v) is 6.42. The van der Waals surface area contributed by atoms with Gasteiger partial charge in [0.05, 0.1) is 6.10 Å². The average molecular weight is 334 g/mol. The predicted octanol–water partition coefficient (Wildman–Crippen LogP) is 2.28. The van der Waals surface area contributed by atoms with Gasteiger partial charge in [0.25, 0.3) is 0 Å². The minimum absolute atomic E-state index is 0.230. The first-order valence-corrected chi connectivity index (χ1v) is 9.03. The molecule has 0 aliphatic carbocycles. The number of aromatic nitrogens is 1. The SMILES string of the molecule is CCC(CC)C(O)CNC(=O)NCc1ccnc(N2CCCC2)c1. The summed E-state index contributed by atoms with van der Waals surface area (Å²) >= 11 is 0. The number of anilines is 1. The summed E-state index contributed by atoms with van der Waals surface area (Å²) in [4.78, 5) is 18.6. The van der Waals surface area contributed by atoms with Crippen LogP contribution in [-0.4, -0.2) is 41.9 Å². The molecule has 0 saturated carbocycles. The molecule has 1 aliphatic heterocycles. The maximum Gasteiger partial charge on any atom is 0.315 e. The van der Waals surface area contributed by atoms with Crippen LogP contribution in [0.25, 0.3) is 0 Å². The summed E-state index contributed by atoms with van der Waals surface area (Å²) < 4.78 is 0. The van der Waals surface area contributed by atoms with E-state index in [2.05, 4.69) is 34.4 Å². The van der Waals surface area contributed by atoms with Crippen LogP contribution in [0.4, 0.5) is 10.6 Å². The summed E-state index contributed by atoms with van der Waals surface area (Å²) in [6, 6.07) is 3.70. The Hall–Kier alpha value is -1.82. The first-order chi connectivity index (χ1) is 11.6. The molecule has 2 amide bonds. The summed E-state index contributed by atoms with van der Waals surface area (Å²) in [5.41, 5.74) is 1.03. The molecular weight excluding hydrogens is 304 g/mol. The lowest BCUT2D eigenvalue weighted by molar-refractivity contribution is 0.103. The van der Waals surface area contributed by atoms with Gasteiger partial charge < -0.3 is 20.6 Å². The number of hydrogen-bond donors (Lipinski definition) is 3. The monoisotopic (exact) mass is 334 g/mol. The molecule has 24 heavy (non-hydrogen) atoms. The zero-order valence-corrected chi connectivity index (χ0v) is 14.8. The van der Waals surface area contributed by atoms with E-state index in [0.29, 0.717) is 6.54 Å². The van der Waals surface area contributed by atoms with Crippen LogP contribution in [0.15, 0.2) is 18.3 Å². The third-order valence-corrected chi connectivity index (χ3v) is 4.76. The Kier molecular flexibility index (Phi) is 7.31. The molecule has 0 radical (unpaired) electrons. The second-order valence-electron chi connectivity index (χ2n) is 6.42. The lowest BCUT2D eigenvalue weighted by atomic mass is 9.97. The van der Waals surface area contributed by atoms with E-state index in [-0.39, 0.29) is 18.5 Å². The molecule has 1 aromatic heterocycles. The number of aliphatic hydroxyl groups excluding tert-OH is 1. The van der Waals surface area contributed by atoms with Crippen molar-refractivity contribution in [2.75, 3.05) is 24.5 Å². The first kappa shape index (κ1) is 18.5. The van der Waals surface area contributed by atoms with Crippen molar-refractivity contribution < 1.29 is 9.90 Å². The topological polar surface area (TPSA) is 77.5 Å².